The molecule has 0 spiro atoms. The average Bonchev–Trinajstić information content (AvgIpc) is 3.44. The monoisotopic (exact) mass is 460 g/mol. The molecule has 3 aromatic rings. The zero-order valence-electron chi connectivity index (χ0n) is 16.9. The van der Waals surface area contributed by atoms with Crippen LogP contribution in [0.5, 0.6) is 0 Å². The van der Waals surface area contributed by atoms with E-state index in [0.717, 1.165) is 29.9 Å². The van der Waals surface area contributed by atoms with Crippen LogP contribution in [0.1, 0.15) is 39.2 Å². The van der Waals surface area contributed by atoms with Gasteiger partial charge < -0.3 is 15.5 Å². The van der Waals surface area contributed by atoms with E-state index in [-0.39, 0.29) is 11.4 Å². The highest BCUT2D eigenvalue weighted by Gasteiger charge is 2.33. The summed E-state index contributed by atoms with van der Waals surface area (Å²) >= 11 is 1.46. The fraction of sp³-hybridized carbons (Fsp3) is 0.227. The summed E-state index contributed by atoms with van der Waals surface area (Å²) in [5.74, 6) is 1.04. The van der Waals surface area contributed by atoms with Crippen LogP contribution in [0, 0.1) is 6.92 Å². The molecule has 0 saturated carbocycles. The number of aromatic amines is 1. The van der Waals surface area contributed by atoms with Crippen LogP contribution in [0.3, 0.4) is 0 Å². The van der Waals surface area contributed by atoms with Crippen LogP contribution in [-0.2, 0) is 10.9 Å². The number of allylic oxidation sites excluding steroid dienone is 5. The number of fused-ring (bicyclic) bond motifs is 2. The van der Waals surface area contributed by atoms with Crippen LogP contribution in [-0.4, -0.2) is 27.5 Å². The van der Waals surface area contributed by atoms with Gasteiger partial charge in [0.15, 0.2) is 0 Å². The first-order valence-electron chi connectivity index (χ1n) is 9.72. The molecule has 2 aliphatic rings. The maximum absolute atomic E-state index is 12.5. The Hall–Kier alpha value is -3.40. The smallest absolute Gasteiger partial charge is 0.418 e. The number of carbonyl (C=O) groups excluding carboxylic acids is 1. The molecule has 0 bridgehead atoms. The van der Waals surface area contributed by atoms with E-state index in [1.165, 1.54) is 23.0 Å². The Bertz CT molecular complexity index is 1250. The maximum Gasteiger partial charge on any atom is 0.418 e. The van der Waals surface area contributed by atoms with E-state index in [1.807, 2.05) is 18.2 Å². The molecule has 1 atom stereocenters. The van der Waals surface area contributed by atoms with Crippen LogP contribution in [0.4, 0.5) is 13.2 Å². The molecule has 1 amide bonds. The van der Waals surface area contributed by atoms with E-state index in [4.69, 9.17) is 10.5 Å². The van der Waals surface area contributed by atoms with E-state index in [1.54, 1.807) is 18.4 Å². The fourth-order valence-corrected chi connectivity index (χ4v) is 4.29. The van der Waals surface area contributed by atoms with E-state index in [2.05, 4.69) is 21.0 Å². The van der Waals surface area contributed by atoms with E-state index in [9.17, 15) is 18.0 Å². The summed E-state index contributed by atoms with van der Waals surface area (Å²) in [6.45, 7) is 2.36. The van der Waals surface area contributed by atoms with Gasteiger partial charge in [0.1, 0.15) is 27.8 Å². The molecular weight excluding hydrogens is 441 g/mol. The van der Waals surface area contributed by atoms with Gasteiger partial charge in [0.2, 0.25) is 0 Å². The summed E-state index contributed by atoms with van der Waals surface area (Å²) in [5.41, 5.74) is 6.46. The van der Waals surface area contributed by atoms with Crippen LogP contribution in [0.2, 0.25) is 0 Å². The van der Waals surface area contributed by atoms with Gasteiger partial charge in [-0.15, -0.1) is 11.3 Å². The third kappa shape index (κ3) is 4.59. The molecule has 32 heavy (non-hydrogen) atoms. The Morgan fingerprint density at radius 2 is 2.12 bits per heavy atom. The Morgan fingerprint density at radius 3 is 2.84 bits per heavy atom. The number of para-hydroxylation sites is 1. The van der Waals surface area contributed by atoms with Gasteiger partial charge in [0.05, 0.1) is 17.7 Å². The molecule has 10 heteroatoms. The van der Waals surface area contributed by atoms with Gasteiger partial charge in [-0.2, -0.15) is 13.2 Å². The number of aromatic nitrogens is 3. The number of hydrogen-bond donors (Lipinski definition) is 2. The third-order valence-electron chi connectivity index (χ3n) is 4.89. The highest BCUT2D eigenvalue weighted by Crippen LogP contribution is 2.34. The first kappa shape index (κ1) is 21.8. The number of amides is 1. The number of nitrogens with two attached hydrogens (primary N) is 1. The Balaban J connectivity index is 0.000000158. The van der Waals surface area contributed by atoms with Crippen molar-refractivity contribution < 1.29 is 22.7 Å². The lowest BCUT2D eigenvalue weighted by molar-refractivity contribution is -0.136. The van der Waals surface area contributed by atoms with E-state index >= 15 is 0 Å². The van der Waals surface area contributed by atoms with Gasteiger partial charge in [0, 0.05) is 17.7 Å². The molecule has 166 valence electrons. The van der Waals surface area contributed by atoms with Crippen molar-refractivity contribution in [2.45, 2.75) is 25.4 Å². The van der Waals surface area contributed by atoms with Gasteiger partial charge in [-0.25, -0.2) is 9.97 Å². The largest absolute Gasteiger partial charge is 0.493 e. The van der Waals surface area contributed by atoms with Gasteiger partial charge in [-0.1, -0.05) is 24.3 Å². The molecule has 1 saturated heterocycles. The molecule has 3 N–H and O–H groups in total. The quantitative estimate of drug-likeness (QED) is 0.562. The SMILES string of the molecule is Cc1nc2c(C(F)(F)F)cccc2[nH]1.NC(=O)c1csc(C2C=CC=C3OCCC3=C2)n1. The van der Waals surface area contributed by atoms with E-state index in [0.29, 0.717) is 17.0 Å². The Labute approximate surface area is 185 Å². The molecular formula is C22H19F3N4O2S. The van der Waals surface area contributed by atoms with Crippen molar-refractivity contribution in [3.05, 3.63) is 81.3 Å². The molecule has 3 heterocycles. The standard InChI is InChI=1S/C13H12N2O2S.C9H7F3N2/c14-12(16)10-7-18-13(15-10)9-2-1-3-11-8(6-9)4-5-17-11;1-5-13-7-4-2-3-6(8(7)14-5)9(10,11)12/h1-3,6-7,9H,4-5H2,(H2,14,16);2-4H,1H3,(H,13,14). The van der Waals surface area contributed by atoms with Crippen LogP contribution < -0.4 is 5.73 Å². The maximum atomic E-state index is 12.5. The molecule has 1 unspecified atom stereocenters. The second kappa shape index (κ2) is 8.62. The summed E-state index contributed by atoms with van der Waals surface area (Å²) in [5, 5.41) is 2.59. The molecule has 6 nitrogen and oxygen atoms in total. The highest BCUT2D eigenvalue weighted by atomic mass is 32.1. The minimum absolute atomic E-state index is 0.0162. The zero-order chi connectivity index (χ0) is 22.9. The number of benzene rings is 1. The summed E-state index contributed by atoms with van der Waals surface area (Å²) in [7, 11) is 0. The van der Waals surface area contributed by atoms with Crippen molar-refractivity contribution in [3.63, 3.8) is 0 Å². The highest BCUT2D eigenvalue weighted by molar-refractivity contribution is 7.10. The lowest BCUT2D eigenvalue weighted by Crippen LogP contribution is -2.11. The molecule has 1 aromatic carbocycles. The van der Waals surface area contributed by atoms with Crippen molar-refractivity contribution in [3.8, 4) is 0 Å². The number of hydrogen-bond acceptors (Lipinski definition) is 5. The first-order valence-corrected chi connectivity index (χ1v) is 10.6. The molecule has 1 aliphatic heterocycles. The number of rotatable bonds is 2. The van der Waals surface area contributed by atoms with Crippen molar-refractivity contribution in [1.29, 1.82) is 0 Å². The Kier molecular flexibility index (Phi) is 5.88. The fourth-order valence-electron chi connectivity index (χ4n) is 3.43. The number of H-pyrrole nitrogens is 1. The van der Waals surface area contributed by atoms with Gasteiger partial charge in [-0.3, -0.25) is 4.79 Å². The third-order valence-corrected chi connectivity index (χ3v) is 5.83. The predicted octanol–water partition coefficient (Wildman–Crippen LogP) is 5.02. The number of halogens is 3. The lowest BCUT2D eigenvalue weighted by Gasteiger charge is -2.05. The first-order chi connectivity index (χ1) is 15.2. The second-order valence-corrected chi connectivity index (χ2v) is 8.08. The minimum atomic E-state index is -4.35. The van der Waals surface area contributed by atoms with E-state index < -0.39 is 17.6 Å². The topological polar surface area (TPSA) is 93.9 Å². The molecule has 5 rings (SSSR count). The number of ether oxygens (including phenoxy) is 1. The summed E-state index contributed by atoms with van der Waals surface area (Å²) in [6, 6.07) is 3.97. The molecule has 0 radical (unpaired) electrons. The number of nitrogens with one attached hydrogen (secondary N) is 1. The number of aryl methyl sites for hydroxylation is 1. The minimum Gasteiger partial charge on any atom is -0.493 e. The van der Waals surface area contributed by atoms with Crippen molar-refractivity contribution in [2.24, 2.45) is 5.73 Å². The number of carbonyl (C=O) groups is 1. The number of imidazole rings is 1. The van der Waals surface area contributed by atoms with Crippen molar-refractivity contribution in [2.75, 3.05) is 6.61 Å². The number of primary amides is 1. The summed E-state index contributed by atoms with van der Waals surface area (Å²) in [6.07, 6.45) is 4.72. The number of alkyl halides is 3. The van der Waals surface area contributed by atoms with Gasteiger partial charge in [0.25, 0.3) is 5.91 Å². The zero-order valence-corrected chi connectivity index (χ0v) is 17.8. The Morgan fingerprint density at radius 1 is 1.31 bits per heavy atom. The normalized spacial score (nSPS) is 17.6. The molecule has 1 aliphatic carbocycles. The van der Waals surface area contributed by atoms with Crippen molar-refractivity contribution >= 4 is 28.3 Å². The van der Waals surface area contributed by atoms with Crippen LogP contribution >= 0.6 is 11.3 Å². The molecule has 2 aromatic heterocycles. The second-order valence-electron chi connectivity index (χ2n) is 7.19. The van der Waals surface area contributed by atoms with Crippen LogP contribution in [0.15, 0.2) is 59.2 Å². The number of nitrogens with zero attached hydrogens (tertiary/aromatic N) is 2. The lowest BCUT2D eigenvalue weighted by atomic mass is 10.1. The van der Waals surface area contributed by atoms with Crippen molar-refractivity contribution in [1.82, 2.24) is 15.0 Å². The summed E-state index contributed by atoms with van der Waals surface area (Å²) in [4.78, 5) is 21.9. The molecule has 1 fully saturated rings. The summed E-state index contributed by atoms with van der Waals surface area (Å²) < 4.78 is 42.9. The van der Waals surface area contributed by atoms with Crippen LogP contribution in [0.25, 0.3) is 11.0 Å². The van der Waals surface area contributed by atoms with Gasteiger partial charge in [-0.05, 0) is 30.7 Å². The average molecular weight is 460 g/mol. The number of thiazole rings is 1. The van der Waals surface area contributed by atoms with Gasteiger partial charge >= 0.3 is 6.18 Å². The predicted molar refractivity (Wildman–Crippen MR) is 115 cm³/mol.